The van der Waals surface area contributed by atoms with Gasteiger partial charge in [-0.05, 0) is 43.2 Å². The van der Waals surface area contributed by atoms with E-state index in [1.165, 1.54) is 6.07 Å². The number of hydrogen-bond donors (Lipinski definition) is 1. The molecule has 2 N–H and O–H groups in total. The van der Waals surface area contributed by atoms with E-state index in [-0.39, 0.29) is 11.9 Å². The van der Waals surface area contributed by atoms with Crippen molar-refractivity contribution in [1.82, 2.24) is 0 Å². The summed E-state index contributed by atoms with van der Waals surface area (Å²) in [5.74, 6) is 0.277. The number of nitrogens with two attached hydrogens (primary N) is 1. The van der Waals surface area contributed by atoms with Crippen LogP contribution < -0.4 is 10.5 Å². The Bertz CT molecular complexity index is 537. The molecule has 0 radical (unpaired) electrons. The Morgan fingerprint density at radius 2 is 1.78 bits per heavy atom. The molecule has 0 fully saturated rings. The van der Waals surface area contributed by atoms with E-state index in [2.05, 4.69) is 0 Å². The summed E-state index contributed by atoms with van der Waals surface area (Å²) < 4.78 is 19.1. The Balaban J connectivity index is 2.13. The summed E-state index contributed by atoms with van der Waals surface area (Å²) in [5.41, 5.74) is 7.96. The topological polar surface area (TPSA) is 35.2 Å². The van der Waals surface area contributed by atoms with Crippen molar-refractivity contribution in [3.8, 4) is 5.75 Å². The van der Waals surface area contributed by atoms with Crippen molar-refractivity contribution in [2.45, 2.75) is 20.0 Å². The molecule has 2 nitrogen and oxygen atoms in total. The first kappa shape index (κ1) is 12.4. The first-order valence-corrected chi connectivity index (χ1v) is 5.84. The zero-order chi connectivity index (χ0) is 13.1. The average molecular weight is 245 g/mol. The van der Waals surface area contributed by atoms with Gasteiger partial charge in [-0.2, -0.15) is 0 Å². The van der Waals surface area contributed by atoms with Gasteiger partial charge in [0.1, 0.15) is 17.7 Å². The molecule has 1 atom stereocenters. The Kier molecular flexibility index (Phi) is 3.51. The van der Waals surface area contributed by atoms with Crippen molar-refractivity contribution in [2.75, 3.05) is 5.73 Å². The van der Waals surface area contributed by atoms with Gasteiger partial charge in [0, 0.05) is 11.8 Å². The van der Waals surface area contributed by atoms with Gasteiger partial charge in [0.2, 0.25) is 0 Å². The van der Waals surface area contributed by atoms with E-state index in [0.29, 0.717) is 17.0 Å². The minimum atomic E-state index is -0.253. The van der Waals surface area contributed by atoms with Crippen LogP contribution in [0.15, 0.2) is 42.5 Å². The minimum absolute atomic E-state index is 0.146. The highest BCUT2D eigenvalue weighted by atomic mass is 19.1. The Morgan fingerprint density at radius 1 is 1.11 bits per heavy atom. The molecule has 0 heterocycles. The summed E-state index contributed by atoms with van der Waals surface area (Å²) in [6.07, 6.45) is -0.146. The third-order valence-corrected chi connectivity index (χ3v) is 2.86. The Hall–Kier alpha value is -2.03. The van der Waals surface area contributed by atoms with E-state index in [1.54, 1.807) is 19.1 Å². The third-order valence-electron chi connectivity index (χ3n) is 2.86. The zero-order valence-corrected chi connectivity index (χ0v) is 10.5. The van der Waals surface area contributed by atoms with Gasteiger partial charge < -0.3 is 10.5 Å². The molecule has 2 rings (SSSR count). The van der Waals surface area contributed by atoms with Crippen molar-refractivity contribution < 1.29 is 9.13 Å². The van der Waals surface area contributed by atoms with E-state index in [1.807, 2.05) is 31.2 Å². The normalized spacial score (nSPS) is 12.2. The highest BCUT2D eigenvalue weighted by Crippen LogP contribution is 2.23. The van der Waals surface area contributed by atoms with Gasteiger partial charge in [0.25, 0.3) is 0 Å². The fourth-order valence-corrected chi connectivity index (χ4v) is 1.69. The molecule has 0 aromatic heterocycles. The van der Waals surface area contributed by atoms with Gasteiger partial charge in [0.15, 0.2) is 0 Å². The molecular formula is C15H16FNO. The predicted molar refractivity (Wildman–Crippen MR) is 71.0 cm³/mol. The zero-order valence-electron chi connectivity index (χ0n) is 10.5. The van der Waals surface area contributed by atoms with E-state index in [9.17, 15) is 4.39 Å². The summed E-state index contributed by atoms with van der Waals surface area (Å²) in [6, 6.07) is 12.3. The number of ether oxygens (including phenoxy) is 1. The second-order valence-electron chi connectivity index (χ2n) is 4.34. The highest BCUT2D eigenvalue weighted by molar-refractivity contribution is 5.40. The molecule has 0 bridgehead atoms. The largest absolute Gasteiger partial charge is 0.486 e. The molecule has 18 heavy (non-hydrogen) atoms. The molecule has 0 aliphatic carbocycles. The lowest BCUT2D eigenvalue weighted by molar-refractivity contribution is 0.226. The van der Waals surface area contributed by atoms with Crippen molar-refractivity contribution in [3.63, 3.8) is 0 Å². The number of aryl methyl sites for hydroxylation is 1. The number of benzene rings is 2. The van der Waals surface area contributed by atoms with Crippen molar-refractivity contribution in [2.24, 2.45) is 0 Å². The third kappa shape index (κ3) is 2.80. The molecule has 0 aliphatic rings. The fraction of sp³-hybridized carbons (Fsp3) is 0.200. The first-order chi connectivity index (χ1) is 8.56. The van der Waals surface area contributed by atoms with Gasteiger partial charge in [0.05, 0.1) is 0 Å². The molecule has 0 saturated carbocycles. The molecule has 94 valence electrons. The molecule has 0 saturated heterocycles. The number of halogens is 1. The van der Waals surface area contributed by atoms with Crippen LogP contribution in [0.2, 0.25) is 0 Å². The van der Waals surface area contributed by atoms with Crippen LogP contribution in [-0.4, -0.2) is 0 Å². The molecule has 2 aromatic rings. The monoisotopic (exact) mass is 245 g/mol. The predicted octanol–water partition coefficient (Wildman–Crippen LogP) is 3.86. The number of nitrogen functional groups attached to an aromatic ring is 1. The number of anilines is 1. The van der Waals surface area contributed by atoms with Crippen LogP contribution in [0.4, 0.5) is 10.1 Å². The first-order valence-electron chi connectivity index (χ1n) is 5.84. The van der Waals surface area contributed by atoms with E-state index >= 15 is 0 Å². The van der Waals surface area contributed by atoms with Crippen LogP contribution in [0.25, 0.3) is 0 Å². The van der Waals surface area contributed by atoms with Crippen LogP contribution in [0.3, 0.4) is 0 Å². The van der Waals surface area contributed by atoms with Gasteiger partial charge in [-0.25, -0.2) is 4.39 Å². The molecule has 2 aromatic carbocycles. The highest BCUT2D eigenvalue weighted by Gasteiger charge is 2.08. The van der Waals surface area contributed by atoms with Crippen LogP contribution in [0, 0.1) is 12.7 Å². The second kappa shape index (κ2) is 5.08. The maximum absolute atomic E-state index is 13.4. The molecule has 1 unspecified atom stereocenters. The number of hydrogen-bond acceptors (Lipinski definition) is 2. The lowest BCUT2D eigenvalue weighted by Crippen LogP contribution is -2.03. The van der Waals surface area contributed by atoms with E-state index in [0.717, 1.165) is 5.56 Å². The van der Waals surface area contributed by atoms with Crippen molar-refractivity contribution in [3.05, 3.63) is 59.4 Å². The average Bonchev–Trinajstić information content (AvgIpc) is 2.34. The van der Waals surface area contributed by atoms with Crippen LogP contribution in [0.5, 0.6) is 5.75 Å². The quantitative estimate of drug-likeness (QED) is 0.833. The maximum Gasteiger partial charge on any atom is 0.129 e. The molecule has 0 spiro atoms. The van der Waals surface area contributed by atoms with Crippen molar-refractivity contribution >= 4 is 5.69 Å². The van der Waals surface area contributed by atoms with Crippen molar-refractivity contribution in [1.29, 1.82) is 0 Å². The standard InChI is InChI=1S/C15H16FNO/c1-10-3-8-14(9-15(10)16)18-11(2)12-4-6-13(17)7-5-12/h3-9,11H,17H2,1-2H3. The van der Waals surface area contributed by atoms with E-state index < -0.39 is 0 Å². The summed E-state index contributed by atoms with van der Waals surface area (Å²) in [4.78, 5) is 0. The lowest BCUT2D eigenvalue weighted by atomic mass is 10.1. The van der Waals surface area contributed by atoms with Crippen LogP contribution in [-0.2, 0) is 0 Å². The maximum atomic E-state index is 13.4. The molecule has 3 heteroatoms. The summed E-state index contributed by atoms with van der Waals surface area (Å²) in [6.45, 7) is 3.64. The molecule has 0 aliphatic heterocycles. The van der Waals surface area contributed by atoms with E-state index in [4.69, 9.17) is 10.5 Å². The lowest BCUT2D eigenvalue weighted by Gasteiger charge is -2.15. The summed E-state index contributed by atoms with van der Waals surface area (Å²) in [7, 11) is 0. The van der Waals surface area contributed by atoms with Gasteiger partial charge in [-0.1, -0.05) is 18.2 Å². The Labute approximate surface area is 106 Å². The van der Waals surface area contributed by atoms with Gasteiger partial charge in [-0.15, -0.1) is 0 Å². The molecule has 0 amide bonds. The van der Waals surface area contributed by atoms with Gasteiger partial charge in [-0.3, -0.25) is 0 Å². The second-order valence-corrected chi connectivity index (χ2v) is 4.34. The minimum Gasteiger partial charge on any atom is -0.486 e. The molecular weight excluding hydrogens is 229 g/mol. The summed E-state index contributed by atoms with van der Waals surface area (Å²) in [5, 5.41) is 0. The summed E-state index contributed by atoms with van der Waals surface area (Å²) >= 11 is 0. The fourth-order valence-electron chi connectivity index (χ4n) is 1.69. The SMILES string of the molecule is Cc1ccc(OC(C)c2ccc(N)cc2)cc1F. The van der Waals surface area contributed by atoms with Crippen LogP contribution in [0.1, 0.15) is 24.2 Å². The number of rotatable bonds is 3. The van der Waals surface area contributed by atoms with Crippen LogP contribution >= 0.6 is 0 Å². The smallest absolute Gasteiger partial charge is 0.129 e. The Morgan fingerprint density at radius 3 is 2.39 bits per heavy atom. The van der Waals surface area contributed by atoms with Gasteiger partial charge >= 0.3 is 0 Å².